The van der Waals surface area contributed by atoms with Gasteiger partial charge in [0.15, 0.2) is 18.4 Å². The van der Waals surface area contributed by atoms with Crippen LogP contribution >= 0.6 is 0 Å². The van der Waals surface area contributed by atoms with Crippen molar-refractivity contribution in [3.8, 4) is 0 Å². The fourth-order valence-corrected chi connectivity index (χ4v) is 6.59. The van der Waals surface area contributed by atoms with E-state index in [1.54, 1.807) is 31.2 Å². The van der Waals surface area contributed by atoms with E-state index in [4.69, 9.17) is 28.4 Å². The number of aliphatic hydroxyl groups is 3. The van der Waals surface area contributed by atoms with Crippen molar-refractivity contribution in [1.82, 2.24) is 4.90 Å². The van der Waals surface area contributed by atoms with Crippen molar-refractivity contribution in [2.24, 2.45) is 17.8 Å². The minimum Gasteiger partial charge on any atom is -0.456 e. The lowest BCUT2D eigenvalue weighted by Crippen LogP contribution is -2.59. The number of nitrogens with zero attached hydrogens (tertiary/aromatic N) is 1. The molecule has 2 fully saturated rings. The summed E-state index contributed by atoms with van der Waals surface area (Å²) in [5.41, 5.74) is 0. The number of allylic oxidation sites excluding steroid dienone is 3. The molecule has 15 atom stereocenters. The molecule has 268 valence electrons. The zero-order valence-electron chi connectivity index (χ0n) is 29.3. The minimum atomic E-state index is -1.31. The van der Waals surface area contributed by atoms with Crippen LogP contribution < -0.4 is 0 Å². The molecule has 0 aromatic rings. The van der Waals surface area contributed by atoms with Crippen LogP contribution in [0.5, 0.6) is 0 Å². The molecule has 15 unspecified atom stereocenters. The van der Waals surface area contributed by atoms with Gasteiger partial charge in [0.05, 0.1) is 18.3 Å². The van der Waals surface area contributed by atoms with Gasteiger partial charge in [-0.15, -0.1) is 0 Å². The highest BCUT2D eigenvalue weighted by atomic mass is 16.7. The van der Waals surface area contributed by atoms with E-state index in [9.17, 15) is 24.9 Å². The van der Waals surface area contributed by atoms with Gasteiger partial charge in [-0.25, -0.2) is 4.79 Å². The standard InChI is InChI=1S/C35H57NO11/c1-10-26-27(46-35-31(41)33(42-9)29(39)23(6)44-35)14-12-11-13-25(37)20(3)17-21(4)32(19(2)15-16-28(38)45-26)47-34-30(40)24(36(7)8)18-22(5)43-34/h11-16,19-24,26-27,29-35,39-41H,10,17-18H2,1-9H3. The first-order chi connectivity index (χ1) is 22.2. The van der Waals surface area contributed by atoms with Gasteiger partial charge in [-0.05, 0) is 59.2 Å². The summed E-state index contributed by atoms with van der Waals surface area (Å²) in [7, 11) is 5.21. The number of carbonyl (C=O) groups is 2. The zero-order valence-corrected chi connectivity index (χ0v) is 29.3. The molecule has 3 rings (SSSR count). The van der Waals surface area contributed by atoms with Crippen LogP contribution in [0.3, 0.4) is 0 Å². The van der Waals surface area contributed by atoms with E-state index in [0.717, 1.165) is 0 Å². The Kier molecular flexibility index (Phi) is 15.2. The molecule has 0 saturated carbocycles. The Balaban J connectivity index is 1.89. The van der Waals surface area contributed by atoms with Crippen LogP contribution in [0, 0.1) is 17.8 Å². The van der Waals surface area contributed by atoms with Crippen molar-refractivity contribution in [3.05, 3.63) is 36.5 Å². The summed E-state index contributed by atoms with van der Waals surface area (Å²) in [5.74, 6) is -1.45. The minimum absolute atomic E-state index is 0.0708. The van der Waals surface area contributed by atoms with Gasteiger partial charge in [-0.2, -0.15) is 0 Å². The molecule has 12 heteroatoms. The van der Waals surface area contributed by atoms with Gasteiger partial charge in [0.25, 0.3) is 0 Å². The third kappa shape index (κ3) is 10.5. The van der Waals surface area contributed by atoms with Gasteiger partial charge in [0.1, 0.15) is 36.6 Å². The number of likely N-dealkylation sites (N-methyl/N-ethyl adjacent to an activating group) is 1. The Morgan fingerprint density at radius 1 is 0.851 bits per heavy atom. The number of hydrogen-bond donors (Lipinski definition) is 3. The van der Waals surface area contributed by atoms with Crippen molar-refractivity contribution in [2.45, 2.75) is 134 Å². The van der Waals surface area contributed by atoms with E-state index < -0.39 is 67.4 Å². The molecule has 12 nitrogen and oxygen atoms in total. The Hall–Kier alpha value is -2.00. The van der Waals surface area contributed by atoms with Crippen LogP contribution in [0.15, 0.2) is 36.5 Å². The summed E-state index contributed by atoms with van der Waals surface area (Å²) in [5, 5.41) is 32.4. The van der Waals surface area contributed by atoms with E-state index in [2.05, 4.69) is 0 Å². The average molecular weight is 668 g/mol. The average Bonchev–Trinajstić information content (AvgIpc) is 3.02. The normalized spacial score (nSPS) is 42.9. The van der Waals surface area contributed by atoms with Gasteiger partial charge in [-0.3, -0.25) is 4.79 Å². The van der Waals surface area contributed by atoms with Crippen LogP contribution in [0.2, 0.25) is 0 Å². The number of rotatable bonds is 7. The van der Waals surface area contributed by atoms with Gasteiger partial charge in [0.2, 0.25) is 0 Å². The predicted octanol–water partition coefficient (Wildman–Crippen LogP) is 2.54. The molecule has 3 heterocycles. The second kappa shape index (κ2) is 18.1. The molecule has 47 heavy (non-hydrogen) atoms. The van der Waals surface area contributed by atoms with Crippen molar-refractivity contribution in [1.29, 1.82) is 0 Å². The second-order valence-electron chi connectivity index (χ2n) is 13.5. The summed E-state index contributed by atoms with van der Waals surface area (Å²) in [6, 6.07) is -0.153. The van der Waals surface area contributed by atoms with Crippen molar-refractivity contribution >= 4 is 11.8 Å². The Morgan fingerprint density at radius 2 is 1.53 bits per heavy atom. The highest BCUT2D eigenvalue weighted by Gasteiger charge is 2.45. The predicted molar refractivity (Wildman–Crippen MR) is 174 cm³/mol. The summed E-state index contributed by atoms with van der Waals surface area (Å²) in [6.07, 6.45) is 1.73. The first-order valence-electron chi connectivity index (χ1n) is 16.8. The fraction of sp³-hybridized carbons (Fsp3) is 0.771. The topological polar surface area (TPSA) is 153 Å². The molecule has 3 N–H and O–H groups in total. The number of ether oxygens (including phenoxy) is 6. The van der Waals surface area contributed by atoms with Gasteiger partial charge in [-0.1, -0.05) is 52.0 Å². The van der Waals surface area contributed by atoms with Gasteiger partial charge in [0, 0.05) is 31.1 Å². The Labute approximate surface area is 279 Å². The molecule has 0 amide bonds. The molecular weight excluding hydrogens is 610 g/mol. The lowest BCUT2D eigenvalue weighted by molar-refractivity contribution is -0.308. The summed E-state index contributed by atoms with van der Waals surface area (Å²) in [4.78, 5) is 28.3. The Morgan fingerprint density at radius 3 is 2.17 bits per heavy atom. The first kappa shape index (κ1) is 39.4. The molecule has 0 aromatic heterocycles. The molecule has 3 aliphatic rings. The van der Waals surface area contributed by atoms with Crippen molar-refractivity contribution < 1.29 is 53.3 Å². The number of methoxy groups -OCH3 is 1. The maximum Gasteiger partial charge on any atom is 0.330 e. The molecule has 2 saturated heterocycles. The smallest absolute Gasteiger partial charge is 0.330 e. The fourth-order valence-electron chi connectivity index (χ4n) is 6.59. The SMILES string of the molecule is CCC1OC(=O)C=CC(C)C(OC2OC(C)CC(N(C)C)C2O)C(C)CC(C)C(=O)C=CC=CC1OC1OC(C)C(O)C(OC)C1O. The van der Waals surface area contributed by atoms with Crippen molar-refractivity contribution in [2.75, 3.05) is 21.2 Å². The molecular formula is C35H57NO11. The number of cyclic esters (lactones) is 1. The second-order valence-corrected chi connectivity index (χ2v) is 13.5. The third-order valence-corrected chi connectivity index (χ3v) is 9.45. The summed E-state index contributed by atoms with van der Waals surface area (Å²) < 4.78 is 35.6. The molecule has 0 radical (unpaired) electrons. The highest BCUT2D eigenvalue weighted by Crippen LogP contribution is 2.32. The third-order valence-electron chi connectivity index (χ3n) is 9.45. The van der Waals surface area contributed by atoms with E-state index in [0.29, 0.717) is 19.3 Å². The number of esters is 1. The Bertz CT molecular complexity index is 1100. The molecule has 0 aliphatic carbocycles. The van der Waals surface area contributed by atoms with E-state index in [-0.39, 0.29) is 35.7 Å². The van der Waals surface area contributed by atoms with Crippen LogP contribution in [-0.2, 0) is 38.0 Å². The number of aliphatic hydroxyl groups excluding tert-OH is 3. The highest BCUT2D eigenvalue weighted by molar-refractivity contribution is 5.91. The van der Waals surface area contributed by atoms with Gasteiger partial charge < -0.3 is 48.6 Å². The van der Waals surface area contributed by atoms with Crippen LogP contribution in [0.1, 0.15) is 60.8 Å². The van der Waals surface area contributed by atoms with Crippen LogP contribution in [0.4, 0.5) is 0 Å². The van der Waals surface area contributed by atoms with E-state index in [1.165, 1.54) is 19.3 Å². The number of carbonyl (C=O) groups excluding carboxylic acids is 2. The van der Waals surface area contributed by atoms with Gasteiger partial charge >= 0.3 is 5.97 Å². The monoisotopic (exact) mass is 667 g/mol. The largest absolute Gasteiger partial charge is 0.456 e. The molecule has 0 bridgehead atoms. The first-order valence-corrected chi connectivity index (χ1v) is 16.8. The lowest BCUT2D eigenvalue weighted by Gasteiger charge is -2.43. The van der Waals surface area contributed by atoms with Crippen LogP contribution in [0.25, 0.3) is 0 Å². The summed E-state index contributed by atoms with van der Waals surface area (Å²) in [6.45, 7) is 11.2. The van der Waals surface area contributed by atoms with E-state index in [1.807, 2.05) is 53.6 Å². The molecule has 0 aromatic carbocycles. The molecule has 3 aliphatic heterocycles. The maximum absolute atomic E-state index is 13.2. The quantitative estimate of drug-likeness (QED) is 0.342. The summed E-state index contributed by atoms with van der Waals surface area (Å²) >= 11 is 0. The number of hydrogen-bond acceptors (Lipinski definition) is 12. The van der Waals surface area contributed by atoms with Crippen LogP contribution in [-0.4, -0.2) is 127 Å². The zero-order chi connectivity index (χ0) is 35.0. The number of ketones is 1. The maximum atomic E-state index is 13.2. The molecule has 0 spiro atoms. The lowest BCUT2D eigenvalue weighted by atomic mass is 9.84. The van der Waals surface area contributed by atoms with E-state index >= 15 is 0 Å². The van der Waals surface area contributed by atoms with Crippen molar-refractivity contribution in [3.63, 3.8) is 0 Å².